The lowest BCUT2D eigenvalue weighted by atomic mass is 10.0. The predicted molar refractivity (Wildman–Crippen MR) is 134 cm³/mol. The van der Waals surface area contributed by atoms with Crippen molar-refractivity contribution in [1.29, 1.82) is 0 Å². The number of nitrogens with zero attached hydrogens (tertiary/aromatic N) is 4. The summed E-state index contributed by atoms with van der Waals surface area (Å²) < 4.78 is 36.6. The molecule has 2 N–H and O–H groups in total. The maximum Gasteiger partial charge on any atom is 0.306 e. The number of carbonyl (C=O) groups is 3. The Morgan fingerprint density at radius 2 is 2.00 bits per heavy atom. The summed E-state index contributed by atoms with van der Waals surface area (Å²) in [6, 6.07) is 3.10. The number of carbonyl (C=O) groups excluding carboxylic acids is 3. The Hall–Kier alpha value is -3.16. The number of pyridine rings is 1. The van der Waals surface area contributed by atoms with Crippen LogP contribution in [0.2, 0.25) is 0 Å². The van der Waals surface area contributed by atoms with Crippen molar-refractivity contribution in [2.75, 3.05) is 0 Å². The third kappa shape index (κ3) is 5.18. The van der Waals surface area contributed by atoms with Crippen molar-refractivity contribution < 1.29 is 27.9 Å². The van der Waals surface area contributed by atoms with Gasteiger partial charge in [-0.15, -0.1) is 0 Å². The number of ether oxygens (including phenoxy) is 1. The van der Waals surface area contributed by atoms with Crippen LogP contribution in [0.4, 0.5) is 8.78 Å². The lowest BCUT2D eigenvalue weighted by Crippen LogP contribution is -2.45. The molecule has 1 aliphatic rings. The topological polar surface area (TPSA) is 120 Å². The first kappa shape index (κ1) is 25.9. The highest BCUT2D eigenvalue weighted by atomic mass is 127. The highest BCUT2D eigenvalue weighted by Gasteiger charge is 2.38. The molecule has 0 aliphatic carbocycles. The van der Waals surface area contributed by atoms with E-state index in [1.807, 2.05) is 22.6 Å². The number of nitrogens with two attached hydrogens (primary N) is 1. The maximum absolute atomic E-state index is 15.5. The van der Waals surface area contributed by atoms with Crippen molar-refractivity contribution >= 4 is 51.4 Å². The van der Waals surface area contributed by atoms with E-state index >= 15 is 4.39 Å². The van der Waals surface area contributed by atoms with E-state index in [0.29, 0.717) is 8.96 Å². The molecule has 0 spiro atoms. The number of hydrogen-bond donors (Lipinski definition) is 1. The van der Waals surface area contributed by atoms with Gasteiger partial charge in [0, 0.05) is 32.7 Å². The second-order valence-corrected chi connectivity index (χ2v) is 10.7. The molecule has 1 aromatic carbocycles. The number of fused-ring (bicyclic) bond motifs is 2. The summed E-state index contributed by atoms with van der Waals surface area (Å²) >= 11 is 1.97. The first-order valence-corrected chi connectivity index (χ1v) is 12.2. The lowest BCUT2D eigenvalue weighted by molar-refractivity contribution is -0.155. The summed E-state index contributed by atoms with van der Waals surface area (Å²) in [6.45, 7) is 4.94. The lowest BCUT2D eigenvalue weighted by Gasteiger charge is -2.25. The first-order chi connectivity index (χ1) is 16.9. The second kappa shape index (κ2) is 9.71. The predicted octanol–water partition coefficient (Wildman–Crippen LogP) is 3.29. The number of rotatable bonds is 7. The van der Waals surface area contributed by atoms with Gasteiger partial charge in [-0.1, -0.05) is 6.07 Å². The summed E-state index contributed by atoms with van der Waals surface area (Å²) in [4.78, 5) is 42.3. The molecule has 1 atom stereocenters. The molecule has 4 rings (SSSR count). The van der Waals surface area contributed by atoms with Gasteiger partial charge >= 0.3 is 5.97 Å². The van der Waals surface area contributed by atoms with Gasteiger partial charge in [0.05, 0.1) is 24.7 Å². The van der Waals surface area contributed by atoms with Crippen molar-refractivity contribution in [3.63, 3.8) is 0 Å². The van der Waals surface area contributed by atoms with Crippen LogP contribution in [0.3, 0.4) is 0 Å². The van der Waals surface area contributed by atoms with Gasteiger partial charge in [-0.25, -0.2) is 9.07 Å². The van der Waals surface area contributed by atoms with E-state index < -0.39 is 41.2 Å². The van der Waals surface area contributed by atoms with Crippen molar-refractivity contribution in [2.24, 2.45) is 5.73 Å². The molecule has 3 heterocycles. The minimum atomic E-state index is -1.11. The average molecular weight is 611 g/mol. The van der Waals surface area contributed by atoms with Gasteiger partial charge in [-0.3, -0.25) is 14.4 Å². The Kier molecular flexibility index (Phi) is 6.99. The molecular formula is C24H24F2IN5O4. The highest BCUT2D eigenvalue weighted by Crippen LogP contribution is 2.31. The van der Waals surface area contributed by atoms with Crippen molar-refractivity contribution in [2.45, 2.75) is 58.3 Å². The van der Waals surface area contributed by atoms with Gasteiger partial charge in [-0.05, 0) is 55.8 Å². The third-order valence-electron chi connectivity index (χ3n) is 5.74. The monoisotopic (exact) mass is 611 g/mol. The molecule has 0 bridgehead atoms. The number of hydrogen-bond acceptors (Lipinski definition) is 6. The Morgan fingerprint density at radius 3 is 2.67 bits per heavy atom. The highest BCUT2D eigenvalue weighted by molar-refractivity contribution is 14.1. The van der Waals surface area contributed by atoms with E-state index in [4.69, 9.17) is 10.5 Å². The van der Waals surface area contributed by atoms with E-state index in [0.717, 1.165) is 0 Å². The standard InChI is InChI=1S/C24H24F2IN5O4/c1-24(2,3)36-19(33)7-6-17(21(28)34)31-11-15-13(23(31)35)5-4-12(20(15)26)10-32-22-14(9-29-32)16(27)8-18(25)30-22/h4-5,8-9,17H,6-7,10-11H2,1-3H3,(H2,28,34)/t17-/m0/s1. The van der Waals surface area contributed by atoms with E-state index in [1.165, 1.54) is 34.0 Å². The molecule has 2 amide bonds. The van der Waals surface area contributed by atoms with Crippen molar-refractivity contribution in [1.82, 2.24) is 19.7 Å². The fourth-order valence-corrected chi connectivity index (χ4v) is 4.79. The normalized spacial score (nSPS) is 14.3. The smallest absolute Gasteiger partial charge is 0.306 e. The molecule has 9 nitrogen and oxygen atoms in total. The van der Waals surface area contributed by atoms with Gasteiger partial charge < -0.3 is 15.4 Å². The molecule has 12 heteroatoms. The number of halogens is 3. The molecule has 1 aliphatic heterocycles. The largest absolute Gasteiger partial charge is 0.460 e. The summed E-state index contributed by atoms with van der Waals surface area (Å²) in [5.41, 5.74) is 5.56. The van der Waals surface area contributed by atoms with Crippen LogP contribution in [0.15, 0.2) is 24.4 Å². The van der Waals surface area contributed by atoms with Crippen LogP contribution in [-0.4, -0.2) is 49.1 Å². The van der Waals surface area contributed by atoms with Gasteiger partial charge in [0.1, 0.15) is 17.5 Å². The Bertz CT molecular complexity index is 1390. The molecule has 36 heavy (non-hydrogen) atoms. The average Bonchev–Trinajstić information content (AvgIpc) is 3.31. The molecule has 0 saturated carbocycles. The van der Waals surface area contributed by atoms with Crippen LogP contribution in [0.5, 0.6) is 0 Å². The molecule has 190 valence electrons. The molecule has 2 aromatic heterocycles. The second-order valence-electron chi connectivity index (χ2n) is 9.51. The summed E-state index contributed by atoms with van der Waals surface area (Å²) in [6.07, 6.45) is 1.35. The van der Waals surface area contributed by atoms with Gasteiger partial charge in [0.15, 0.2) is 5.65 Å². The van der Waals surface area contributed by atoms with Crippen LogP contribution < -0.4 is 5.73 Å². The molecule has 0 unspecified atom stereocenters. The Labute approximate surface area is 219 Å². The fourth-order valence-electron chi connectivity index (χ4n) is 4.15. The fraction of sp³-hybridized carbons (Fsp3) is 0.375. The molecular weight excluding hydrogens is 587 g/mol. The number of esters is 1. The van der Waals surface area contributed by atoms with E-state index in [2.05, 4.69) is 10.1 Å². The first-order valence-electron chi connectivity index (χ1n) is 11.2. The van der Waals surface area contributed by atoms with E-state index in [9.17, 15) is 18.8 Å². The van der Waals surface area contributed by atoms with Gasteiger partial charge in [0.2, 0.25) is 11.9 Å². The van der Waals surface area contributed by atoms with Crippen LogP contribution in [-0.2, 0) is 27.4 Å². The molecule has 3 aromatic rings. The molecule has 0 radical (unpaired) electrons. The minimum Gasteiger partial charge on any atom is -0.460 e. The van der Waals surface area contributed by atoms with E-state index in [1.54, 1.807) is 20.8 Å². The van der Waals surface area contributed by atoms with Gasteiger partial charge in [-0.2, -0.15) is 14.5 Å². The number of amides is 2. The summed E-state index contributed by atoms with van der Waals surface area (Å²) in [7, 11) is 0. The van der Waals surface area contributed by atoms with Crippen molar-refractivity contribution in [3.05, 3.63) is 56.4 Å². The number of benzene rings is 1. The maximum atomic E-state index is 15.5. The summed E-state index contributed by atoms with van der Waals surface area (Å²) in [5.74, 6) is -3.18. The zero-order chi connectivity index (χ0) is 26.4. The Morgan fingerprint density at radius 1 is 1.28 bits per heavy atom. The van der Waals surface area contributed by atoms with Crippen molar-refractivity contribution in [3.8, 4) is 0 Å². The molecule has 0 saturated heterocycles. The van der Waals surface area contributed by atoms with Crippen LogP contribution in [0.1, 0.15) is 55.1 Å². The summed E-state index contributed by atoms with van der Waals surface area (Å²) in [5, 5.41) is 4.84. The van der Waals surface area contributed by atoms with Crippen LogP contribution >= 0.6 is 22.6 Å². The SMILES string of the molecule is CC(C)(C)OC(=O)CC[C@@H](C(N)=O)N1Cc2c(ccc(Cn3ncc4c(I)cc(F)nc43)c2F)C1=O. The zero-order valence-electron chi connectivity index (χ0n) is 19.8. The van der Waals surface area contributed by atoms with Gasteiger partial charge in [0.25, 0.3) is 5.91 Å². The molecule has 0 fully saturated rings. The van der Waals surface area contributed by atoms with Crippen LogP contribution in [0, 0.1) is 15.3 Å². The van der Waals surface area contributed by atoms with Crippen LogP contribution in [0.25, 0.3) is 11.0 Å². The number of aromatic nitrogens is 3. The minimum absolute atomic E-state index is 0.0404. The Balaban J connectivity index is 1.56. The number of primary amides is 1. The zero-order valence-corrected chi connectivity index (χ0v) is 22.0. The third-order valence-corrected chi connectivity index (χ3v) is 6.63. The quantitative estimate of drug-likeness (QED) is 0.249. The van der Waals surface area contributed by atoms with E-state index in [-0.39, 0.29) is 48.3 Å².